The van der Waals surface area contributed by atoms with Gasteiger partial charge in [0.25, 0.3) is 0 Å². The van der Waals surface area contributed by atoms with Crippen LogP contribution in [0.3, 0.4) is 0 Å². The lowest BCUT2D eigenvalue weighted by Crippen LogP contribution is -1.89. The summed E-state index contributed by atoms with van der Waals surface area (Å²) < 4.78 is 10.6. The second-order valence-electron chi connectivity index (χ2n) is 5.12. The maximum Gasteiger partial charge on any atom is 0.240 e. The molecule has 0 aliphatic rings. The highest BCUT2D eigenvalue weighted by Crippen LogP contribution is 2.34. The summed E-state index contributed by atoms with van der Waals surface area (Å²) >= 11 is 3.14. The fourth-order valence-corrected chi connectivity index (χ4v) is 3.77. The number of nitrogens with zero attached hydrogens (tertiary/aromatic N) is 3. The molecule has 0 saturated carbocycles. The summed E-state index contributed by atoms with van der Waals surface area (Å²) in [7, 11) is 1.65. The maximum absolute atomic E-state index is 5.40. The number of thiophene rings is 1. The van der Waals surface area contributed by atoms with E-state index >= 15 is 0 Å². The number of rotatable bonds is 5. The number of imidazole rings is 1. The van der Waals surface area contributed by atoms with Crippen LogP contribution in [-0.2, 0) is 0 Å². The van der Waals surface area contributed by atoms with Gasteiger partial charge < -0.3 is 14.2 Å². The highest BCUT2D eigenvalue weighted by atomic mass is 32.2. The van der Waals surface area contributed by atoms with Gasteiger partial charge in [0.2, 0.25) is 11.7 Å². The quantitative estimate of drug-likeness (QED) is 0.528. The van der Waals surface area contributed by atoms with Gasteiger partial charge in [-0.3, -0.25) is 0 Å². The van der Waals surface area contributed by atoms with E-state index in [-0.39, 0.29) is 5.25 Å². The number of thioether (sulfide) groups is 1. The Labute approximate surface area is 146 Å². The number of fused-ring (bicyclic) bond motifs is 1. The van der Waals surface area contributed by atoms with Gasteiger partial charge in [-0.2, -0.15) is 4.98 Å². The summed E-state index contributed by atoms with van der Waals surface area (Å²) in [6, 6.07) is 9.70. The van der Waals surface area contributed by atoms with Crippen molar-refractivity contribution in [1.82, 2.24) is 20.1 Å². The number of H-pyrrole nitrogens is 1. The molecule has 0 radical (unpaired) electrons. The summed E-state index contributed by atoms with van der Waals surface area (Å²) in [6.45, 7) is 2.02. The smallest absolute Gasteiger partial charge is 0.240 e. The molecule has 0 fully saturated rings. The Balaban J connectivity index is 1.54. The van der Waals surface area contributed by atoms with Crippen LogP contribution in [0, 0.1) is 0 Å². The molecule has 0 spiro atoms. The molecule has 4 aromatic rings. The van der Waals surface area contributed by atoms with Crippen molar-refractivity contribution in [3.63, 3.8) is 0 Å². The SMILES string of the molecule is COc1ccc2nc(SC(C)c3nc(-c4cccs4)no3)[nH]c2c1. The standard InChI is InChI=1S/C16H14N4O2S2/c1-9(15-19-14(20-22-15)13-4-3-7-23-13)24-16-17-11-6-5-10(21-2)8-12(11)18-16/h3-9H,1-2H3,(H,17,18). The van der Waals surface area contributed by atoms with E-state index in [0.717, 1.165) is 26.8 Å². The first-order valence-electron chi connectivity index (χ1n) is 7.31. The average Bonchev–Trinajstić information content (AvgIpc) is 3.32. The van der Waals surface area contributed by atoms with Gasteiger partial charge in [-0.25, -0.2) is 4.98 Å². The Hall–Kier alpha value is -2.32. The van der Waals surface area contributed by atoms with E-state index in [0.29, 0.717) is 11.7 Å². The lowest BCUT2D eigenvalue weighted by Gasteiger charge is -2.02. The molecular formula is C16H14N4O2S2. The lowest BCUT2D eigenvalue weighted by molar-refractivity contribution is 0.381. The van der Waals surface area contributed by atoms with Crippen molar-refractivity contribution in [3.8, 4) is 16.5 Å². The van der Waals surface area contributed by atoms with E-state index in [1.165, 1.54) is 0 Å². The van der Waals surface area contributed by atoms with Crippen LogP contribution in [0.1, 0.15) is 18.1 Å². The minimum atomic E-state index is -0.00586. The molecule has 3 heterocycles. The number of nitrogens with one attached hydrogen (secondary N) is 1. The van der Waals surface area contributed by atoms with Crippen molar-refractivity contribution in [2.75, 3.05) is 7.11 Å². The fraction of sp³-hybridized carbons (Fsp3) is 0.188. The number of hydrogen-bond donors (Lipinski definition) is 1. The molecule has 4 rings (SSSR count). The summed E-state index contributed by atoms with van der Waals surface area (Å²) in [5.74, 6) is 2.01. The van der Waals surface area contributed by atoms with Crippen LogP contribution in [0.15, 0.2) is 45.4 Å². The Morgan fingerprint density at radius 3 is 3.00 bits per heavy atom. The van der Waals surface area contributed by atoms with Gasteiger partial charge in [-0.05, 0) is 30.5 Å². The molecule has 0 aliphatic heterocycles. The normalized spacial score (nSPS) is 12.6. The molecule has 0 bridgehead atoms. The molecule has 0 aliphatic carbocycles. The molecule has 8 heteroatoms. The molecular weight excluding hydrogens is 344 g/mol. The molecule has 1 aromatic carbocycles. The number of hydrogen-bond acceptors (Lipinski definition) is 7. The minimum Gasteiger partial charge on any atom is -0.497 e. The molecule has 0 amide bonds. The molecule has 1 unspecified atom stereocenters. The molecule has 3 aromatic heterocycles. The first-order valence-corrected chi connectivity index (χ1v) is 9.07. The Morgan fingerprint density at radius 1 is 1.29 bits per heavy atom. The Bertz CT molecular complexity index is 962. The monoisotopic (exact) mass is 358 g/mol. The van der Waals surface area contributed by atoms with Crippen LogP contribution >= 0.6 is 23.1 Å². The van der Waals surface area contributed by atoms with Crippen molar-refractivity contribution in [2.45, 2.75) is 17.3 Å². The predicted octanol–water partition coefficient (Wildman–Crippen LogP) is 4.54. The third-order valence-corrected chi connectivity index (χ3v) is 5.32. The number of methoxy groups -OCH3 is 1. The van der Waals surface area contributed by atoms with Gasteiger partial charge in [-0.1, -0.05) is 23.0 Å². The molecule has 122 valence electrons. The highest BCUT2D eigenvalue weighted by Gasteiger charge is 2.18. The van der Waals surface area contributed by atoms with Crippen molar-refractivity contribution in [3.05, 3.63) is 41.6 Å². The van der Waals surface area contributed by atoms with Gasteiger partial charge in [0.1, 0.15) is 5.75 Å². The number of benzene rings is 1. The van der Waals surface area contributed by atoms with Crippen molar-refractivity contribution < 1.29 is 9.26 Å². The van der Waals surface area contributed by atoms with Crippen molar-refractivity contribution >= 4 is 34.1 Å². The van der Waals surface area contributed by atoms with E-state index in [1.807, 2.05) is 42.6 Å². The van der Waals surface area contributed by atoms with E-state index in [2.05, 4.69) is 20.1 Å². The molecule has 0 saturated heterocycles. The van der Waals surface area contributed by atoms with E-state index < -0.39 is 0 Å². The van der Waals surface area contributed by atoms with Crippen LogP contribution in [0.4, 0.5) is 0 Å². The highest BCUT2D eigenvalue weighted by molar-refractivity contribution is 7.99. The fourth-order valence-electron chi connectivity index (χ4n) is 2.27. The van der Waals surface area contributed by atoms with E-state index in [1.54, 1.807) is 30.2 Å². The molecule has 6 nitrogen and oxygen atoms in total. The summed E-state index contributed by atoms with van der Waals surface area (Å²) in [4.78, 5) is 13.3. The number of aromatic nitrogens is 4. The summed E-state index contributed by atoms with van der Waals surface area (Å²) in [6.07, 6.45) is 0. The lowest BCUT2D eigenvalue weighted by atomic mass is 10.3. The van der Waals surface area contributed by atoms with E-state index in [9.17, 15) is 0 Å². The van der Waals surface area contributed by atoms with Gasteiger partial charge in [0, 0.05) is 6.07 Å². The maximum atomic E-state index is 5.40. The van der Waals surface area contributed by atoms with Crippen LogP contribution in [0.2, 0.25) is 0 Å². The van der Waals surface area contributed by atoms with Crippen molar-refractivity contribution in [1.29, 1.82) is 0 Å². The number of aromatic amines is 1. The second-order valence-corrected chi connectivity index (χ2v) is 7.40. The summed E-state index contributed by atoms with van der Waals surface area (Å²) in [5, 5.41) is 6.84. The zero-order valence-corrected chi connectivity index (χ0v) is 14.6. The predicted molar refractivity (Wildman–Crippen MR) is 94.5 cm³/mol. The second kappa shape index (κ2) is 6.29. The van der Waals surface area contributed by atoms with Gasteiger partial charge in [0.05, 0.1) is 28.3 Å². The Kier molecular flexibility index (Phi) is 3.99. The van der Waals surface area contributed by atoms with Crippen molar-refractivity contribution in [2.24, 2.45) is 0 Å². The van der Waals surface area contributed by atoms with Crippen LogP contribution in [-0.4, -0.2) is 27.2 Å². The topological polar surface area (TPSA) is 76.8 Å². The summed E-state index contributed by atoms with van der Waals surface area (Å²) in [5.41, 5.74) is 1.84. The first-order chi connectivity index (χ1) is 11.7. The molecule has 1 N–H and O–H groups in total. The van der Waals surface area contributed by atoms with E-state index in [4.69, 9.17) is 9.26 Å². The number of ether oxygens (including phenoxy) is 1. The zero-order chi connectivity index (χ0) is 16.5. The third kappa shape index (κ3) is 2.90. The third-order valence-electron chi connectivity index (χ3n) is 3.49. The van der Waals surface area contributed by atoms with Crippen LogP contribution < -0.4 is 4.74 Å². The van der Waals surface area contributed by atoms with Gasteiger partial charge in [-0.15, -0.1) is 11.3 Å². The van der Waals surface area contributed by atoms with Crippen LogP contribution in [0.5, 0.6) is 5.75 Å². The van der Waals surface area contributed by atoms with Crippen LogP contribution in [0.25, 0.3) is 21.7 Å². The van der Waals surface area contributed by atoms with Gasteiger partial charge >= 0.3 is 0 Å². The minimum absolute atomic E-state index is 0.00586. The van der Waals surface area contributed by atoms with Gasteiger partial charge in [0.15, 0.2) is 5.16 Å². The Morgan fingerprint density at radius 2 is 2.21 bits per heavy atom. The molecule has 1 atom stereocenters. The average molecular weight is 358 g/mol. The molecule has 24 heavy (non-hydrogen) atoms. The first kappa shape index (κ1) is 15.2. The zero-order valence-electron chi connectivity index (χ0n) is 13.0. The largest absolute Gasteiger partial charge is 0.497 e.